The van der Waals surface area contributed by atoms with E-state index in [1.165, 1.54) is 22.9 Å². The summed E-state index contributed by atoms with van der Waals surface area (Å²) in [5.41, 5.74) is 1.75. The van der Waals surface area contributed by atoms with Gasteiger partial charge >= 0.3 is 0 Å². The largest absolute Gasteiger partial charge is 0.495 e. The van der Waals surface area contributed by atoms with Gasteiger partial charge in [-0.2, -0.15) is 10.4 Å². The molecule has 7 nitrogen and oxygen atoms in total. The van der Waals surface area contributed by atoms with Gasteiger partial charge in [0.1, 0.15) is 24.0 Å². The third kappa shape index (κ3) is 3.23. The van der Waals surface area contributed by atoms with E-state index >= 15 is 0 Å². The lowest BCUT2D eigenvalue weighted by Crippen LogP contribution is -2.09. The molecule has 4 rings (SSSR count). The average Bonchev–Trinajstić information content (AvgIpc) is 3.29. The van der Waals surface area contributed by atoms with E-state index < -0.39 is 6.43 Å². The van der Waals surface area contributed by atoms with Crippen molar-refractivity contribution < 1.29 is 13.5 Å². The molecule has 0 saturated heterocycles. The second-order valence-electron chi connectivity index (χ2n) is 6.17. The fourth-order valence-corrected chi connectivity index (χ4v) is 3.51. The first-order chi connectivity index (χ1) is 13.9. The highest BCUT2D eigenvalue weighted by molar-refractivity contribution is 9.10. The number of imidazole rings is 1. The molecule has 0 saturated carbocycles. The van der Waals surface area contributed by atoms with Crippen LogP contribution in [0.15, 0.2) is 41.1 Å². The molecule has 3 aromatic heterocycles. The molecule has 0 aliphatic heterocycles. The zero-order valence-corrected chi connectivity index (χ0v) is 16.9. The second-order valence-corrected chi connectivity index (χ2v) is 7.02. The number of methoxy groups -OCH3 is 1. The maximum atomic E-state index is 13.6. The van der Waals surface area contributed by atoms with Crippen LogP contribution in [0.4, 0.5) is 8.78 Å². The van der Waals surface area contributed by atoms with E-state index in [1.807, 2.05) is 12.1 Å². The number of nitrogens with zero attached hydrogens (tertiary/aromatic N) is 6. The SMILES string of the molecule is COc1cc2ncn(-c3ccc(C(F)F)c(-n4nc(C#N)cc4C)n3)c2cc1Br. The van der Waals surface area contributed by atoms with Crippen molar-refractivity contribution in [2.45, 2.75) is 13.3 Å². The maximum absolute atomic E-state index is 13.6. The van der Waals surface area contributed by atoms with Gasteiger partial charge in [0.2, 0.25) is 0 Å². The molecule has 0 spiro atoms. The predicted octanol–water partition coefficient (Wildman–Crippen LogP) is 4.50. The van der Waals surface area contributed by atoms with Gasteiger partial charge in [0.25, 0.3) is 6.43 Å². The lowest BCUT2D eigenvalue weighted by molar-refractivity contribution is 0.150. The number of alkyl halides is 2. The van der Waals surface area contributed by atoms with Crippen molar-refractivity contribution in [1.82, 2.24) is 24.3 Å². The zero-order valence-electron chi connectivity index (χ0n) is 15.3. The van der Waals surface area contributed by atoms with Gasteiger partial charge in [-0.25, -0.2) is 23.4 Å². The molecular formula is C19H13BrF2N6O. The fourth-order valence-electron chi connectivity index (χ4n) is 3.02. The lowest BCUT2D eigenvalue weighted by atomic mass is 10.2. The Morgan fingerprint density at radius 1 is 1.24 bits per heavy atom. The van der Waals surface area contributed by atoms with Crippen LogP contribution in [0, 0.1) is 18.3 Å². The van der Waals surface area contributed by atoms with Gasteiger partial charge in [0, 0.05) is 11.8 Å². The number of hydrogen-bond acceptors (Lipinski definition) is 5. The number of hydrogen-bond donors (Lipinski definition) is 0. The molecule has 0 aliphatic rings. The number of aromatic nitrogens is 5. The van der Waals surface area contributed by atoms with Crippen LogP contribution in [0.25, 0.3) is 22.7 Å². The second kappa shape index (κ2) is 7.25. The van der Waals surface area contributed by atoms with Crippen molar-refractivity contribution in [2.24, 2.45) is 0 Å². The number of nitriles is 1. The van der Waals surface area contributed by atoms with E-state index in [2.05, 4.69) is 31.0 Å². The first-order valence-electron chi connectivity index (χ1n) is 8.40. The summed E-state index contributed by atoms with van der Waals surface area (Å²) in [5.74, 6) is 0.976. The maximum Gasteiger partial charge on any atom is 0.267 e. The fraction of sp³-hybridized carbons (Fsp3) is 0.158. The van der Waals surface area contributed by atoms with E-state index in [0.29, 0.717) is 22.8 Å². The van der Waals surface area contributed by atoms with Crippen molar-refractivity contribution >= 4 is 27.0 Å². The van der Waals surface area contributed by atoms with Gasteiger partial charge in [-0.05, 0) is 47.1 Å². The Morgan fingerprint density at radius 2 is 2.03 bits per heavy atom. The summed E-state index contributed by atoms with van der Waals surface area (Å²) in [4.78, 5) is 8.77. The minimum Gasteiger partial charge on any atom is -0.495 e. The van der Waals surface area contributed by atoms with Crippen LogP contribution >= 0.6 is 15.9 Å². The molecule has 1 aromatic carbocycles. The van der Waals surface area contributed by atoms with Crippen molar-refractivity contribution in [2.75, 3.05) is 7.11 Å². The summed E-state index contributed by atoms with van der Waals surface area (Å²) in [7, 11) is 1.56. The predicted molar refractivity (Wildman–Crippen MR) is 105 cm³/mol. The van der Waals surface area contributed by atoms with E-state index in [1.54, 1.807) is 31.0 Å². The Bertz CT molecular complexity index is 1270. The van der Waals surface area contributed by atoms with Crippen LogP contribution in [-0.4, -0.2) is 31.4 Å². The number of halogens is 3. The summed E-state index contributed by atoms with van der Waals surface area (Å²) in [6.07, 6.45) is -1.19. The highest BCUT2D eigenvalue weighted by Crippen LogP contribution is 2.32. The third-order valence-electron chi connectivity index (χ3n) is 4.40. The Balaban J connectivity index is 1.92. The summed E-state index contributed by atoms with van der Waals surface area (Å²) >= 11 is 3.44. The first kappa shape index (κ1) is 19.0. The minimum absolute atomic E-state index is 0.0362. The van der Waals surface area contributed by atoms with Crippen molar-refractivity contribution in [3.63, 3.8) is 0 Å². The molecule has 0 bridgehead atoms. The van der Waals surface area contributed by atoms with Gasteiger partial charge in [-0.1, -0.05) is 0 Å². The summed E-state index contributed by atoms with van der Waals surface area (Å²) in [5, 5.41) is 13.1. The molecule has 3 heterocycles. The molecule has 0 fully saturated rings. The van der Waals surface area contributed by atoms with Crippen LogP contribution in [0.2, 0.25) is 0 Å². The van der Waals surface area contributed by atoms with Gasteiger partial charge in [-0.3, -0.25) is 4.57 Å². The summed E-state index contributed by atoms with van der Waals surface area (Å²) in [6.45, 7) is 1.67. The molecule has 10 heteroatoms. The Kier molecular flexibility index (Phi) is 4.76. The van der Waals surface area contributed by atoms with E-state index in [-0.39, 0.29) is 17.1 Å². The summed E-state index contributed by atoms with van der Waals surface area (Å²) < 4.78 is 36.2. The standard InChI is InChI=1S/C19H13BrF2N6O/c1-10-5-11(8-23)26-28(10)19-12(18(21)22)3-4-17(25-19)27-9-24-14-7-16(29-2)13(20)6-15(14)27/h3-7,9,18H,1-2H3. The molecular weight excluding hydrogens is 446 g/mol. The molecule has 0 atom stereocenters. The van der Waals surface area contributed by atoms with Crippen LogP contribution in [0.3, 0.4) is 0 Å². The number of fused-ring (bicyclic) bond motifs is 1. The molecule has 146 valence electrons. The molecule has 4 aromatic rings. The summed E-state index contributed by atoms with van der Waals surface area (Å²) in [6, 6.07) is 9.80. The number of benzene rings is 1. The molecule has 29 heavy (non-hydrogen) atoms. The van der Waals surface area contributed by atoms with Crippen molar-refractivity contribution in [3.05, 3.63) is 58.1 Å². The van der Waals surface area contributed by atoms with Gasteiger partial charge in [-0.15, -0.1) is 0 Å². The number of ether oxygens (including phenoxy) is 1. The van der Waals surface area contributed by atoms with Crippen molar-refractivity contribution in [1.29, 1.82) is 5.26 Å². The molecule has 0 amide bonds. The molecule has 0 unspecified atom stereocenters. The molecule has 0 radical (unpaired) electrons. The van der Waals surface area contributed by atoms with E-state index in [4.69, 9.17) is 10.00 Å². The number of pyridine rings is 1. The molecule has 0 aliphatic carbocycles. The quantitative estimate of drug-likeness (QED) is 0.449. The first-order valence-corrected chi connectivity index (χ1v) is 9.19. The van der Waals surface area contributed by atoms with E-state index in [9.17, 15) is 8.78 Å². The van der Waals surface area contributed by atoms with Crippen LogP contribution in [0.5, 0.6) is 5.75 Å². The van der Waals surface area contributed by atoms with Gasteiger partial charge in [0.15, 0.2) is 11.5 Å². The van der Waals surface area contributed by atoms with Crippen molar-refractivity contribution in [3.8, 4) is 23.5 Å². The lowest BCUT2D eigenvalue weighted by Gasteiger charge is -2.12. The minimum atomic E-state index is -2.75. The smallest absolute Gasteiger partial charge is 0.267 e. The highest BCUT2D eigenvalue weighted by atomic mass is 79.9. The number of rotatable bonds is 4. The Labute approximate surface area is 172 Å². The zero-order chi connectivity index (χ0) is 20.7. The topological polar surface area (TPSA) is 81.5 Å². The third-order valence-corrected chi connectivity index (χ3v) is 5.02. The monoisotopic (exact) mass is 458 g/mol. The van der Waals surface area contributed by atoms with Gasteiger partial charge < -0.3 is 4.74 Å². The average molecular weight is 459 g/mol. The highest BCUT2D eigenvalue weighted by Gasteiger charge is 2.20. The van der Waals surface area contributed by atoms with Gasteiger partial charge in [0.05, 0.1) is 28.2 Å². The van der Waals surface area contributed by atoms with E-state index in [0.717, 1.165) is 9.99 Å². The Hall–Kier alpha value is -3.32. The van der Waals surface area contributed by atoms with Crippen LogP contribution < -0.4 is 4.74 Å². The molecule has 0 N–H and O–H groups in total. The Morgan fingerprint density at radius 3 is 2.69 bits per heavy atom. The van der Waals surface area contributed by atoms with Crippen LogP contribution in [-0.2, 0) is 0 Å². The normalized spacial score (nSPS) is 11.2. The van der Waals surface area contributed by atoms with Crippen LogP contribution in [0.1, 0.15) is 23.4 Å². The number of aryl methyl sites for hydroxylation is 1.